The summed E-state index contributed by atoms with van der Waals surface area (Å²) in [7, 11) is 0. The number of carbonyl (C=O) groups excluding carboxylic acids is 2. The molecule has 0 saturated carbocycles. The number of fused-ring (bicyclic) bond motifs is 5. The number of aliphatic hydroxyl groups excluding tert-OH is 2. The van der Waals surface area contributed by atoms with Gasteiger partial charge < -0.3 is 19.7 Å². The van der Waals surface area contributed by atoms with Gasteiger partial charge >= 0.3 is 11.7 Å². The number of carbonyl (C=O) groups is 2. The standard InChI is InChI=1S/C32H28N6O9/c1-16-11-36(32(45)33-29(16)42)25-10-22(24(14-40)47-25)37-12-17(34-35-37)15-46-31(44)23(13-39)38-27-19-7-3-4-8-20(19)28(41)26(27)18-6-2-5-9-21(18)30(38)43/h2-9,11-12,22-25,39-40H,10,13-15H2,1H3,(H,33,42,45)/t22-,23-,24+,25+/m0/s1. The van der Waals surface area contributed by atoms with Crippen LogP contribution >= 0.6 is 0 Å². The average Bonchev–Trinajstić information content (AvgIpc) is 3.80. The van der Waals surface area contributed by atoms with Gasteiger partial charge in [0.05, 0.1) is 36.7 Å². The minimum atomic E-state index is -1.48. The van der Waals surface area contributed by atoms with Gasteiger partial charge in [-0.15, -0.1) is 5.10 Å². The molecule has 0 radical (unpaired) electrons. The molecular formula is C32H28N6O9. The first-order valence-electron chi connectivity index (χ1n) is 14.8. The van der Waals surface area contributed by atoms with E-state index in [0.29, 0.717) is 22.1 Å². The van der Waals surface area contributed by atoms with E-state index < -0.39 is 60.4 Å². The van der Waals surface area contributed by atoms with E-state index in [9.17, 15) is 34.2 Å². The lowest BCUT2D eigenvalue weighted by molar-refractivity contribution is -0.150. The fraction of sp³-hybridized carbons (Fsp3) is 0.281. The van der Waals surface area contributed by atoms with Gasteiger partial charge in [-0.1, -0.05) is 47.7 Å². The molecular weight excluding hydrogens is 612 g/mol. The topological polar surface area (TPSA) is 201 Å². The Kier molecular flexibility index (Phi) is 7.50. The quantitative estimate of drug-likeness (QED) is 0.198. The van der Waals surface area contributed by atoms with Crippen LogP contribution in [0.3, 0.4) is 0 Å². The number of aryl methyl sites for hydroxylation is 1. The summed E-state index contributed by atoms with van der Waals surface area (Å²) in [5, 5.41) is 29.2. The second-order valence-electron chi connectivity index (χ2n) is 11.4. The van der Waals surface area contributed by atoms with E-state index >= 15 is 0 Å². The fourth-order valence-corrected chi connectivity index (χ4v) is 6.35. The van der Waals surface area contributed by atoms with Crippen LogP contribution in [0.4, 0.5) is 0 Å². The molecule has 2 aliphatic rings. The number of ether oxygens (including phenoxy) is 2. The van der Waals surface area contributed by atoms with Crippen LogP contribution in [0, 0.1) is 6.92 Å². The number of hydrogen-bond acceptors (Lipinski definition) is 11. The van der Waals surface area contributed by atoms with Crippen LogP contribution in [0.15, 0.2) is 75.3 Å². The van der Waals surface area contributed by atoms with E-state index in [1.54, 1.807) is 55.5 Å². The molecule has 5 aromatic rings. The van der Waals surface area contributed by atoms with Crippen molar-refractivity contribution in [2.45, 2.75) is 44.4 Å². The third-order valence-electron chi connectivity index (χ3n) is 8.63. The molecule has 0 unspecified atom stereocenters. The highest BCUT2D eigenvalue weighted by Crippen LogP contribution is 2.40. The van der Waals surface area contributed by atoms with Gasteiger partial charge in [0.15, 0.2) is 11.8 Å². The van der Waals surface area contributed by atoms with Crippen molar-refractivity contribution in [3.05, 3.63) is 115 Å². The maximum absolute atomic E-state index is 13.8. The van der Waals surface area contributed by atoms with Crippen molar-refractivity contribution < 1.29 is 29.3 Å². The molecule has 15 nitrogen and oxygen atoms in total. The molecule has 0 spiro atoms. The number of nitrogens with zero attached hydrogens (tertiary/aromatic N) is 5. The zero-order valence-electron chi connectivity index (χ0n) is 24.9. The molecule has 47 heavy (non-hydrogen) atoms. The number of ketones is 1. The van der Waals surface area contributed by atoms with Crippen molar-refractivity contribution in [3.8, 4) is 11.3 Å². The van der Waals surface area contributed by atoms with Gasteiger partial charge in [-0.3, -0.25) is 28.5 Å². The van der Waals surface area contributed by atoms with Crippen LogP contribution in [0.2, 0.25) is 0 Å². The van der Waals surface area contributed by atoms with Gasteiger partial charge in [0.1, 0.15) is 24.6 Å². The summed E-state index contributed by atoms with van der Waals surface area (Å²) in [6, 6.07) is 11.4. The molecule has 3 N–H and O–H groups in total. The highest BCUT2D eigenvalue weighted by molar-refractivity contribution is 6.26. The second kappa shape index (κ2) is 11.7. The Morgan fingerprint density at radius 3 is 2.51 bits per heavy atom. The summed E-state index contributed by atoms with van der Waals surface area (Å²) in [6.07, 6.45) is 1.53. The Morgan fingerprint density at radius 2 is 1.77 bits per heavy atom. The maximum Gasteiger partial charge on any atom is 0.332 e. The van der Waals surface area contributed by atoms with E-state index in [0.717, 1.165) is 4.57 Å². The normalized spacial score (nSPS) is 19.1. The maximum atomic E-state index is 13.8. The Labute approximate surface area is 264 Å². The number of hydrogen-bond donors (Lipinski definition) is 3. The second-order valence-corrected chi connectivity index (χ2v) is 11.4. The van der Waals surface area contributed by atoms with Crippen LogP contribution in [0.25, 0.3) is 22.0 Å². The molecule has 7 rings (SSSR count). The first kappa shape index (κ1) is 30.2. The summed E-state index contributed by atoms with van der Waals surface area (Å²) in [4.78, 5) is 67.2. The van der Waals surface area contributed by atoms with Crippen LogP contribution in [-0.2, 0) is 20.9 Å². The molecule has 1 aliphatic carbocycles. The van der Waals surface area contributed by atoms with Crippen molar-refractivity contribution in [1.29, 1.82) is 0 Å². The SMILES string of the molecule is Cc1cn([C@H]2C[C@H](n3cc(COC(=O)[C@H](CO)n4c5c(c6ccccc6c4=O)C(=O)c4ccccc4-5)nn3)[C@@H](CO)O2)c(=O)[nH]c1=O. The molecule has 0 bridgehead atoms. The van der Waals surface area contributed by atoms with Crippen LogP contribution in [0.5, 0.6) is 0 Å². The lowest BCUT2D eigenvalue weighted by atomic mass is 10.0. The number of aromatic nitrogens is 6. The van der Waals surface area contributed by atoms with E-state index in [2.05, 4.69) is 15.3 Å². The number of nitrogens with one attached hydrogen (secondary N) is 1. The lowest BCUT2D eigenvalue weighted by Gasteiger charge is -2.21. The highest BCUT2D eigenvalue weighted by Gasteiger charge is 2.39. The van der Waals surface area contributed by atoms with Crippen molar-refractivity contribution >= 4 is 22.5 Å². The minimum Gasteiger partial charge on any atom is -0.457 e. The van der Waals surface area contributed by atoms with Crippen molar-refractivity contribution in [2.24, 2.45) is 0 Å². The zero-order chi connectivity index (χ0) is 33.0. The van der Waals surface area contributed by atoms with Gasteiger partial charge in [0.2, 0.25) is 0 Å². The van der Waals surface area contributed by atoms with Crippen molar-refractivity contribution in [2.75, 3.05) is 13.2 Å². The van der Waals surface area contributed by atoms with Gasteiger partial charge in [-0.2, -0.15) is 0 Å². The van der Waals surface area contributed by atoms with E-state index in [1.165, 1.54) is 21.6 Å². The van der Waals surface area contributed by atoms with Gasteiger partial charge in [0.25, 0.3) is 11.1 Å². The monoisotopic (exact) mass is 640 g/mol. The fourth-order valence-electron chi connectivity index (χ4n) is 6.35. The number of H-pyrrole nitrogens is 1. The number of esters is 1. The summed E-state index contributed by atoms with van der Waals surface area (Å²) in [5.41, 5.74) is 0.174. The van der Waals surface area contributed by atoms with Gasteiger partial charge in [0, 0.05) is 40.1 Å². The lowest BCUT2D eigenvalue weighted by Crippen LogP contribution is -2.35. The van der Waals surface area contributed by atoms with Crippen LogP contribution in [0.1, 0.15) is 51.9 Å². The number of aromatic amines is 1. The Morgan fingerprint density at radius 1 is 1.04 bits per heavy atom. The Balaban J connectivity index is 1.14. The molecule has 1 aliphatic heterocycles. The number of rotatable bonds is 8. The molecule has 0 amide bonds. The molecule has 240 valence electrons. The predicted octanol–water partition coefficient (Wildman–Crippen LogP) is 0.761. The molecule has 1 fully saturated rings. The number of aliphatic hydroxyl groups is 2. The molecule has 3 aromatic heterocycles. The summed E-state index contributed by atoms with van der Waals surface area (Å²) < 4.78 is 15.2. The summed E-state index contributed by atoms with van der Waals surface area (Å²) in [6.45, 7) is 0.0140. The first-order chi connectivity index (χ1) is 22.7. The third kappa shape index (κ3) is 4.91. The van der Waals surface area contributed by atoms with E-state index in [1.807, 2.05) is 0 Å². The van der Waals surface area contributed by atoms with E-state index in [-0.39, 0.29) is 41.1 Å². The largest absolute Gasteiger partial charge is 0.457 e. The van der Waals surface area contributed by atoms with Gasteiger partial charge in [-0.25, -0.2) is 14.3 Å². The predicted molar refractivity (Wildman–Crippen MR) is 164 cm³/mol. The van der Waals surface area contributed by atoms with Crippen molar-refractivity contribution in [3.63, 3.8) is 0 Å². The molecule has 1 saturated heterocycles. The van der Waals surface area contributed by atoms with Crippen LogP contribution in [-0.4, -0.2) is 70.4 Å². The number of benzene rings is 2. The molecule has 4 atom stereocenters. The Hall–Kier alpha value is -5.51. The Bertz CT molecular complexity index is 2250. The third-order valence-corrected chi connectivity index (χ3v) is 8.63. The van der Waals surface area contributed by atoms with Crippen molar-refractivity contribution in [1.82, 2.24) is 29.1 Å². The molecule has 2 aromatic carbocycles. The molecule has 15 heteroatoms. The smallest absolute Gasteiger partial charge is 0.332 e. The summed E-state index contributed by atoms with van der Waals surface area (Å²) >= 11 is 0. The van der Waals surface area contributed by atoms with Gasteiger partial charge in [-0.05, 0) is 13.0 Å². The molecule has 4 heterocycles. The summed E-state index contributed by atoms with van der Waals surface area (Å²) in [5.74, 6) is -1.22. The highest BCUT2D eigenvalue weighted by atomic mass is 16.5. The van der Waals surface area contributed by atoms with E-state index in [4.69, 9.17) is 9.47 Å². The first-order valence-corrected chi connectivity index (χ1v) is 14.8. The van der Waals surface area contributed by atoms with Crippen LogP contribution < -0.4 is 16.8 Å². The average molecular weight is 641 g/mol. The number of pyridine rings is 1. The zero-order valence-corrected chi connectivity index (χ0v) is 24.9. The minimum absolute atomic E-state index is 0.210.